The van der Waals surface area contributed by atoms with Crippen LogP contribution < -0.4 is 0 Å². The Morgan fingerprint density at radius 2 is 2.16 bits per heavy atom. The van der Waals surface area contributed by atoms with Gasteiger partial charge in [-0.3, -0.25) is 0 Å². The van der Waals surface area contributed by atoms with Crippen LogP contribution in [-0.2, 0) is 11.3 Å². The van der Waals surface area contributed by atoms with Gasteiger partial charge in [0.05, 0.1) is 6.61 Å². The van der Waals surface area contributed by atoms with Crippen molar-refractivity contribution < 1.29 is 4.74 Å². The Morgan fingerprint density at radius 3 is 2.84 bits per heavy atom. The van der Waals surface area contributed by atoms with Gasteiger partial charge in [-0.2, -0.15) is 14.9 Å². The lowest BCUT2D eigenvalue weighted by molar-refractivity contribution is 0.183. The normalized spacial score (nSPS) is 10.7. The minimum absolute atomic E-state index is 0.430. The summed E-state index contributed by atoms with van der Waals surface area (Å²) < 4.78 is 6.62. The van der Waals surface area contributed by atoms with Crippen molar-refractivity contribution in [2.75, 3.05) is 7.11 Å². The van der Waals surface area contributed by atoms with E-state index in [0.29, 0.717) is 23.0 Å². The summed E-state index contributed by atoms with van der Waals surface area (Å²) in [6.07, 6.45) is 0. The van der Waals surface area contributed by atoms with Crippen molar-refractivity contribution in [2.24, 2.45) is 0 Å². The maximum Gasteiger partial charge on any atom is 0.214 e. The molecule has 6 heteroatoms. The molecule has 1 aromatic carbocycles. The number of nitrogens with zero attached hydrogens (tertiary/aromatic N) is 4. The zero-order valence-electron chi connectivity index (χ0n) is 10.2. The predicted octanol–water partition coefficient (Wildman–Crippen LogP) is 2.48. The van der Waals surface area contributed by atoms with E-state index >= 15 is 0 Å². The number of imidazole rings is 1. The maximum atomic E-state index is 9.33. The quantitative estimate of drug-likeness (QED) is 0.733. The molecule has 2 heterocycles. The van der Waals surface area contributed by atoms with Gasteiger partial charge in [0.2, 0.25) is 4.96 Å². The van der Waals surface area contributed by atoms with Crippen LogP contribution in [0.5, 0.6) is 0 Å². The van der Waals surface area contributed by atoms with Crippen molar-refractivity contribution in [3.63, 3.8) is 0 Å². The zero-order chi connectivity index (χ0) is 13.2. The van der Waals surface area contributed by atoms with Crippen LogP contribution in [-0.4, -0.2) is 21.7 Å². The highest BCUT2D eigenvalue weighted by atomic mass is 32.1. The molecule has 2 aromatic heterocycles. The molecule has 0 saturated carbocycles. The van der Waals surface area contributed by atoms with E-state index in [2.05, 4.69) is 16.2 Å². The van der Waals surface area contributed by atoms with Crippen molar-refractivity contribution >= 4 is 16.3 Å². The molecule has 0 aliphatic rings. The Bertz CT molecular complexity index is 754. The van der Waals surface area contributed by atoms with Gasteiger partial charge in [0.1, 0.15) is 16.8 Å². The van der Waals surface area contributed by atoms with E-state index in [1.165, 1.54) is 11.3 Å². The fourth-order valence-corrected chi connectivity index (χ4v) is 2.73. The third kappa shape index (κ3) is 1.99. The molecule has 3 rings (SSSR count). The summed E-state index contributed by atoms with van der Waals surface area (Å²) in [5, 5.41) is 14.5. The third-order valence-electron chi connectivity index (χ3n) is 2.67. The summed E-state index contributed by atoms with van der Waals surface area (Å²) in [5.41, 5.74) is 2.05. The maximum absolute atomic E-state index is 9.33. The molecule has 0 N–H and O–H groups in total. The first-order valence-corrected chi connectivity index (χ1v) is 6.48. The van der Waals surface area contributed by atoms with Crippen molar-refractivity contribution in [3.05, 3.63) is 41.0 Å². The number of aromatic nitrogens is 3. The first-order chi connectivity index (χ1) is 9.33. The minimum atomic E-state index is 0.430. The lowest BCUT2D eigenvalue weighted by Crippen LogP contribution is -1.93. The topological polar surface area (TPSA) is 63.2 Å². The van der Waals surface area contributed by atoms with Crippen LogP contribution in [0.3, 0.4) is 0 Å². The molecule has 0 unspecified atom stereocenters. The molecule has 5 nitrogen and oxygen atoms in total. The second kappa shape index (κ2) is 4.80. The Balaban J connectivity index is 2.17. The highest BCUT2D eigenvalue weighted by molar-refractivity contribution is 7.16. The molecule has 0 aliphatic carbocycles. The second-order valence-electron chi connectivity index (χ2n) is 3.91. The monoisotopic (exact) mass is 270 g/mol. The lowest BCUT2D eigenvalue weighted by atomic mass is 10.1. The van der Waals surface area contributed by atoms with Gasteiger partial charge in [0.15, 0.2) is 5.69 Å². The van der Waals surface area contributed by atoms with Gasteiger partial charge in [-0.05, 0) is 0 Å². The number of hydrogen-bond donors (Lipinski definition) is 0. The molecule has 0 aliphatic heterocycles. The van der Waals surface area contributed by atoms with Crippen molar-refractivity contribution in [2.45, 2.75) is 6.61 Å². The summed E-state index contributed by atoms with van der Waals surface area (Å²) in [4.78, 5) is 5.21. The van der Waals surface area contributed by atoms with E-state index in [4.69, 9.17) is 4.74 Å². The molecule has 3 aromatic rings. The van der Waals surface area contributed by atoms with Crippen LogP contribution in [0.4, 0.5) is 0 Å². The Morgan fingerprint density at radius 1 is 1.37 bits per heavy atom. The van der Waals surface area contributed by atoms with Gasteiger partial charge in [-0.1, -0.05) is 41.7 Å². The van der Waals surface area contributed by atoms with Gasteiger partial charge < -0.3 is 4.74 Å². The summed E-state index contributed by atoms with van der Waals surface area (Å²) in [5.74, 6) is 0. The Labute approximate surface area is 113 Å². The molecular weight excluding hydrogens is 260 g/mol. The standard InChI is InChI=1S/C13H10N4OS/c1-18-8-11-16-17-10(7-14)12(15-13(17)19-11)9-5-3-2-4-6-9/h2-6H,8H2,1H3. The van der Waals surface area contributed by atoms with E-state index in [0.717, 1.165) is 10.6 Å². The van der Waals surface area contributed by atoms with Crippen LogP contribution >= 0.6 is 11.3 Å². The average molecular weight is 270 g/mol. The van der Waals surface area contributed by atoms with Crippen molar-refractivity contribution in [1.29, 1.82) is 5.26 Å². The number of benzene rings is 1. The molecule has 0 bridgehead atoms. The first kappa shape index (κ1) is 11.8. The number of nitriles is 1. The number of ether oxygens (including phenoxy) is 1. The van der Waals surface area contributed by atoms with E-state index in [9.17, 15) is 5.26 Å². The summed E-state index contributed by atoms with van der Waals surface area (Å²) in [6.45, 7) is 0.430. The Kier molecular flexibility index (Phi) is 2.99. The minimum Gasteiger partial charge on any atom is -0.377 e. The number of rotatable bonds is 3. The largest absolute Gasteiger partial charge is 0.377 e. The zero-order valence-corrected chi connectivity index (χ0v) is 11.0. The number of methoxy groups -OCH3 is 1. The fourth-order valence-electron chi connectivity index (χ4n) is 1.87. The van der Waals surface area contributed by atoms with Crippen LogP contribution in [0.25, 0.3) is 16.2 Å². The van der Waals surface area contributed by atoms with Crippen LogP contribution in [0, 0.1) is 11.3 Å². The van der Waals surface area contributed by atoms with E-state index in [1.807, 2.05) is 30.3 Å². The van der Waals surface area contributed by atoms with Crippen LogP contribution in [0.1, 0.15) is 10.7 Å². The van der Waals surface area contributed by atoms with Crippen molar-refractivity contribution in [3.8, 4) is 17.3 Å². The van der Waals surface area contributed by atoms with Crippen LogP contribution in [0.2, 0.25) is 0 Å². The smallest absolute Gasteiger partial charge is 0.214 e. The van der Waals surface area contributed by atoms with E-state index < -0.39 is 0 Å². The van der Waals surface area contributed by atoms with E-state index in [1.54, 1.807) is 11.6 Å². The molecule has 0 saturated heterocycles. The van der Waals surface area contributed by atoms with Gasteiger partial charge in [0.25, 0.3) is 0 Å². The summed E-state index contributed by atoms with van der Waals surface area (Å²) >= 11 is 1.43. The first-order valence-electron chi connectivity index (χ1n) is 5.66. The predicted molar refractivity (Wildman–Crippen MR) is 71.7 cm³/mol. The molecule has 0 fully saturated rings. The van der Waals surface area contributed by atoms with Gasteiger partial charge in [0, 0.05) is 12.7 Å². The fraction of sp³-hybridized carbons (Fsp3) is 0.154. The molecule has 19 heavy (non-hydrogen) atoms. The molecule has 0 spiro atoms. The summed E-state index contributed by atoms with van der Waals surface area (Å²) in [6, 6.07) is 11.8. The van der Waals surface area contributed by atoms with Crippen molar-refractivity contribution in [1.82, 2.24) is 14.6 Å². The molecule has 94 valence electrons. The van der Waals surface area contributed by atoms with Gasteiger partial charge >= 0.3 is 0 Å². The molecular formula is C13H10N4OS. The second-order valence-corrected chi connectivity index (χ2v) is 4.95. The van der Waals surface area contributed by atoms with Crippen LogP contribution in [0.15, 0.2) is 30.3 Å². The third-order valence-corrected chi connectivity index (χ3v) is 3.55. The number of hydrogen-bond acceptors (Lipinski definition) is 5. The Hall–Kier alpha value is -2.23. The highest BCUT2D eigenvalue weighted by Gasteiger charge is 2.17. The molecule has 0 radical (unpaired) electrons. The SMILES string of the molecule is COCc1nn2c(C#N)c(-c3ccccc3)nc2s1. The van der Waals surface area contributed by atoms with Gasteiger partial charge in [-0.15, -0.1) is 0 Å². The molecule has 0 atom stereocenters. The van der Waals surface area contributed by atoms with Gasteiger partial charge in [-0.25, -0.2) is 4.98 Å². The highest BCUT2D eigenvalue weighted by Crippen LogP contribution is 2.26. The average Bonchev–Trinajstić information content (AvgIpc) is 2.96. The molecule has 0 amide bonds. The summed E-state index contributed by atoms with van der Waals surface area (Å²) in [7, 11) is 1.62. The van der Waals surface area contributed by atoms with E-state index in [-0.39, 0.29) is 0 Å². The lowest BCUT2D eigenvalue weighted by Gasteiger charge is -1.96. The number of fused-ring (bicyclic) bond motifs is 1.